The van der Waals surface area contributed by atoms with Gasteiger partial charge < -0.3 is 5.32 Å². The van der Waals surface area contributed by atoms with E-state index in [0.29, 0.717) is 23.6 Å². The van der Waals surface area contributed by atoms with Crippen molar-refractivity contribution in [2.24, 2.45) is 0 Å². The van der Waals surface area contributed by atoms with Crippen molar-refractivity contribution in [1.82, 2.24) is 9.78 Å². The third-order valence-electron chi connectivity index (χ3n) is 2.75. The highest BCUT2D eigenvalue weighted by atomic mass is 32.2. The molecule has 2 aromatic rings. The number of benzene rings is 1. The van der Waals surface area contributed by atoms with Crippen LogP contribution in [0.15, 0.2) is 36.5 Å². The van der Waals surface area contributed by atoms with Crippen molar-refractivity contribution in [1.29, 1.82) is 0 Å². The number of anilines is 2. The molecule has 0 aliphatic rings. The molecule has 0 aliphatic heterocycles. The normalized spacial score (nSPS) is 11.2. The van der Waals surface area contributed by atoms with Gasteiger partial charge in [-0.3, -0.25) is 9.52 Å². The van der Waals surface area contributed by atoms with Gasteiger partial charge in [0.15, 0.2) is 5.82 Å². The molecule has 0 bridgehead atoms. The average molecular weight is 322 g/mol. The Balaban J connectivity index is 2.17. The standard InChI is InChI=1S/C14H18N4O3S/c1-3-5-14(19)15-13-8-9-18(16-13)12-7-4-6-11(10-12)17-22(2,20)21/h4,6-10,17H,3,5H2,1-2H3,(H,15,16,19). The highest BCUT2D eigenvalue weighted by Gasteiger charge is 2.07. The molecule has 0 atom stereocenters. The van der Waals surface area contributed by atoms with Crippen LogP contribution in [0.2, 0.25) is 0 Å². The zero-order chi connectivity index (χ0) is 16.2. The Morgan fingerprint density at radius 2 is 2.09 bits per heavy atom. The van der Waals surface area contributed by atoms with Crippen LogP contribution in [0.25, 0.3) is 5.69 Å². The monoisotopic (exact) mass is 322 g/mol. The quantitative estimate of drug-likeness (QED) is 0.850. The minimum atomic E-state index is -3.33. The minimum absolute atomic E-state index is 0.0831. The molecule has 1 amide bonds. The second-order valence-electron chi connectivity index (χ2n) is 4.87. The summed E-state index contributed by atoms with van der Waals surface area (Å²) in [5, 5.41) is 6.95. The van der Waals surface area contributed by atoms with E-state index in [1.165, 1.54) is 0 Å². The van der Waals surface area contributed by atoms with Crippen molar-refractivity contribution in [2.75, 3.05) is 16.3 Å². The Hall–Kier alpha value is -2.35. The van der Waals surface area contributed by atoms with Crippen molar-refractivity contribution in [3.8, 4) is 5.69 Å². The summed E-state index contributed by atoms with van der Waals surface area (Å²) in [6, 6.07) is 8.51. The Labute approximate surface area is 129 Å². The van der Waals surface area contributed by atoms with Crippen LogP contribution in [0.4, 0.5) is 11.5 Å². The molecule has 2 N–H and O–H groups in total. The van der Waals surface area contributed by atoms with E-state index in [1.807, 2.05) is 6.92 Å². The van der Waals surface area contributed by atoms with Gasteiger partial charge in [-0.2, -0.15) is 5.10 Å². The number of carbonyl (C=O) groups excluding carboxylic acids is 1. The fraction of sp³-hybridized carbons (Fsp3) is 0.286. The molecule has 118 valence electrons. The molecule has 0 radical (unpaired) electrons. The summed E-state index contributed by atoms with van der Waals surface area (Å²) in [5.41, 5.74) is 1.14. The van der Waals surface area contributed by atoms with E-state index in [0.717, 1.165) is 12.7 Å². The number of sulfonamides is 1. The second-order valence-corrected chi connectivity index (χ2v) is 6.62. The van der Waals surface area contributed by atoms with Gasteiger partial charge in [-0.05, 0) is 24.6 Å². The van der Waals surface area contributed by atoms with Gasteiger partial charge in [0.2, 0.25) is 15.9 Å². The summed E-state index contributed by atoms with van der Waals surface area (Å²) in [4.78, 5) is 11.5. The summed E-state index contributed by atoms with van der Waals surface area (Å²) in [5.74, 6) is 0.375. The fourth-order valence-corrected chi connectivity index (χ4v) is 2.45. The summed E-state index contributed by atoms with van der Waals surface area (Å²) in [6.45, 7) is 1.93. The highest BCUT2D eigenvalue weighted by molar-refractivity contribution is 7.92. The van der Waals surface area contributed by atoms with Crippen molar-refractivity contribution >= 4 is 27.4 Å². The minimum Gasteiger partial charge on any atom is -0.309 e. The Morgan fingerprint density at radius 3 is 2.77 bits per heavy atom. The van der Waals surface area contributed by atoms with Crippen LogP contribution in [-0.4, -0.2) is 30.4 Å². The number of aromatic nitrogens is 2. The summed E-state index contributed by atoms with van der Waals surface area (Å²) in [7, 11) is -3.33. The molecule has 22 heavy (non-hydrogen) atoms. The van der Waals surface area contributed by atoms with Crippen LogP contribution < -0.4 is 10.0 Å². The number of hydrogen-bond acceptors (Lipinski definition) is 4. The largest absolute Gasteiger partial charge is 0.309 e. The zero-order valence-corrected chi connectivity index (χ0v) is 13.2. The van der Waals surface area contributed by atoms with Crippen molar-refractivity contribution < 1.29 is 13.2 Å². The number of carbonyl (C=O) groups is 1. The predicted octanol–water partition coefficient (Wildman–Crippen LogP) is 1.98. The van der Waals surface area contributed by atoms with Crippen molar-refractivity contribution in [3.05, 3.63) is 36.5 Å². The Kier molecular flexibility index (Phi) is 4.81. The number of nitrogens with zero attached hydrogens (tertiary/aromatic N) is 2. The van der Waals surface area contributed by atoms with Gasteiger partial charge in [0, 0.05) is 18.7 Å². The molecule has 1 aromatic heterocycles. The average Bonchev–Trinajstić information content (AvgIpc) is 2.85. The maximum absolute atomic E-state index is 11.5. The molecule has 1 aromatic carbocycles. The van der Waals surface area contributed by atoms with E-state index >= 15 is 0 Å². The summed E-state index contributed by atoms with van der Waals surface area (Å²) in [6.07, 6.45) is 4.00. The zero-order valence-electron chi connectivity index (χ0n) is 12.4. The molecule has 7 nitrogen and oxygen atoms in total. The molecular weight excluding hydrogens is 304 g/mol. The maximum Gasteiger partial charge on any atom is 0.229 e. The van der Waals surface area contributed by atoms with Crippen LogP contribution in [0.3, 0.4) is 0 Å². The molecule has 0 saturated heterocycles. The third kappa shape index (κ3) is 4.59. The summed E-state index contributed by atoms with van der Waals surface area (Å²) >= 11 is 0. The maximum atomic E-state index is 11.5. The molecule has 0 saturated carbocycles. The van der Waals surface area contributed by atoms with Crippen LogP contribution in [0.1, 0.15) is 19.8 Å². The Bertz CT molecular complexity index is 768. The molecule has 1 heterocycles. The van der Waals surface area contributed by atoms with E-state index in [-0.39, 0.29) is 5.91 Å². The topological polar surface area (TPSA) is 93.1 Å². The highest BCUT2D eigenvalue weighted by Crippen LogP contribution is 2.16. The molecule has 8 heteroatoms. The molecule has 0 fully saturated rings. The molecule has 0 aliphatic carbocycles. The van der Waals surface area contributed by atoms with E-state index in [1.54, 1.807) is 41.2 Å². The first-order valence-corrected chi connectivity index (χ1v) is 8.70. The smallest absolute Gasteiger partial charge is 0.229 e. The van der Waals surface area contributed by atoms with Crippen molar-refractivity contribution in [3.63, 3.8) is 0 Å². The van der Waals surface area contributed by atoms with Gasteiger partial charge in [-0.25, -0.2) is 13.1 Å². The molecule has 2 rings (SSSR count). The van der Waals surface area contributed by atoms with Gasteiger partial charge in [-0.1, -0.05) is 13.0 Å². The van der Waals surface area contributed by atoms with Gasteiger partial charge in [0.1, 0.15) is 0 Å². The molecular formula is C14H18N4O3S. The number of hydrogen-bond donors (Lipinski definition) is 2. The van der Waals surface area contributed by atoms with Crippen LogP contribution >= 0.6 is 0 Å². The van der Waals surface area contributed by atoms with Gasteiger partial charge >= 0.3 is 0 Å². The van der Waals surface area contributed by atoms with Crippen LogP contribution in [-0.2, 0) is 14.8 Å². The predicted molar refractivity (Wildman–Crippen MR) is 85.6 cm³/mol. The first-order valence-electron chi connectivity index (χ1n) is 6.81. The van der Waals surface area contributed by atoms with Gasteiger partial charge in [-0.15, -0.1) is 0 Å². The van der Waals surface area contributed by atoms with Crippen LogP contribution in [0, 0.1) is 0 Å². The first-order chi connectivity index (χ1) is 10.4. The lowest BCUT2D eigenvalue weighted by Crippen LogP contribution is -2.11. The molecule has 0 spiro atoms. The van der Waals surface area contributed by atoms with Gasteiger partial charge in [0.05, 0.1) is 17.6 Å². The lowest BCUT2D eigenvalue weighted by Gasteiger charge is -2.06. The van der Waals surface area contributed by atoms with Crippen molar-refractivity contribution in [2.45, 2.75) is 19.8 Å². The van der Waals surface area contributed by atoms with E-state index in [2.05, 4.69) is 15.1 Å². The summed E-state index contributed by atoms with van der Waals surface area (Å²) < 4.78 is 26.5. The SMILES string of the molecule is CCCC(=O)Nc1ccn(-c2cccc(NS(C)(=O)=O)c2)n1. The van der Waals surface area contributed by atoms with E-state index < -0.39 is 10.0 Å². The Morgan fingerprint density at radius 1 is 1.32 bits per heavy atom. The van der Waals surface area contributed by atoms with E-state index in [9.17, 15) is 13.2 Å². The lowest BCUT2D eigenvalue weighted by molar-refractivity contribution is -0.116. The second kappa shape index (κ2) is 6.61. The molecule has 0 unspecified atom stereocenters. The van der Waals surface area contributed by atoms with E-state index in [4.69, 9.17) is 0 Å². The number of amides is 1. The number of nitrogens with one attached hydrogen (secondary N) is 2. The fourth-order valence-electron chi connectivity index (χ4n) is 1.89. The van der Waals surface area contributed by atoms with Crippen LogP contribution in [0.5, 0.6) is 0 Å². The first kappa shape index (κ1) is 16.0. The number of rotatable bonds is 6. The lowest BCUT2D eigenvalue weighted by atomic mass is 10.3. The van der Waals surface area contributed by atoms with Gasteiger partial charge in [0.25, 0.3) is 0 Å². The third-order valence-corrected chi connectivity index (χ3v) is 3.35.